The summed E-state index contributed by atoms with van der Waals surface area (Å²) in [6.45, 7) is 2.21. The molecule has 0 spiro atoms. The van der Waals surface area contributed by atoms with Gasteiger partial charge < -0.3 is 4.74 Å². The molecular weight excluding hydrogens is 200 g/mol. The van der Waals surface area contributed by atoms with E-state index >= 15 is 0 Å². The zero-order chi connectivity index (χ0) is 11.6. The summed E-state index contributed by atoms with van der Waals surface area (Å²) in [5.74, 6) is 5.60. The highest BCUT2D eigenvalue weighted by Gasteiger charge is 1.94. The first-order chi connectivity index (χ1) is 7.83. The van der Waals surface area contributed by atoms with Crippen LogP contribution in [0.2, 0.25) is 0 Å². The molecule has 0 N–H and O–H groups in total. The minimum absolute atomic E-state index is 0.222. The molecule has 1 rings (SSSR count). The molecule has 0 fully saturated rings. The van der Waals surface area contributed by atoms with Gasteiger partial charge in [-0.05, 0) is 25.1 Å². The second-order valence-electron chi connectivity index (χ2n) is 3.05. The lowest BCUT2D eigenvalue weighted by Crippen LogP contribution is -2.01. The van der Waals surface area contributed by atoms with Gasteiger partial charge in [-0.3, -0.25) is 4.79 Å². The Hall–Kier alpha value is -2.01. The summed E-state index contributed by atoms with van der Waals surface area (Å²) in [5, 5.41) is 0. The van der Waals surface area contributed by atoms with Gasteiger partial charge in [-0.15, -0.1) is 0 Å². The van der Waals surface area contributed by atoms with Crippen LogP contribution in [0.25, 0.3) is 0 Å². The largest absolute Gasteiger partial charge is 0.466 e. The van der Waals surface area contributed by atoms with E-state index in [1.807, 2.05) is 30.3 Å². The number of benzene rings is 1. The van der Waals surface area contributed by atoms with Crippen LogP contribution in [0.5, 0.6) is 0 Å². The van der Waals surface area contributed by atoms with Crippen LogP contribution < -0.4 is 0 Å². The molecule has 1 aromatic carbocycles. The van der Waals surface area contributed by atoms with Gasteiger partial charge in [0.05, 0.1) is 13.0 Å². The smallest absolute Gasteiger partial charge is 0.309 e. The molecule has 0 saturated carbocycles. The minimum Gasteiger partial charge on any atom is -0.466 e. The van der Waals surface area contributed by atoms with Crippen molar-refractivity contribution in [3.8, 4) is 11.8 Å². The molecule has 0 aliphatic heterocycles. The van der Waals surface area contributed by atoms with Crippen molar-refractivity contribution in [3.05, 3.63) is 48.0 Å². The van der Waals surface area contributed by atoms with E-state index in [2.05, 4.69) is 11.8 Å². The maximum atomic E-state index is 11.0. The van der Waals surface area contributed by atoms with E-state index in [1.165, 1.54) is 0 Å². The number of rotatable bonds is 3. The molecule has 2 nitrogen and oxygen atoms in total. The predicted molar refractivity (Wildman–Crippen MR) is 63.7 cm³/mol. The van der Waals surface area contributed by atoms with Crippen LogP contribution in [0.4, 0.5) is 0 Å². The molecule has 16 heavy (non-hydrogen) atoms. The van der Waals surface area contributed by atoms with Crippen LogP contribution in [0.15, 0.2) is 42.5 Å². The zero-order valence-electron chi connectivity index (χ0n) is 9.27. The van der Waals surface area contributed by atoms with Gasteiger partial charge in [0.15, 0.2) is 0 Å². The summed E-state index contributed by atoms with van der Waals surface area (Å²) >= 11 is 0. The summed E-state index contributed by atoms with van der Waals surface area (Å²) in [4.78, 5) is 11.0. The first kappa shape index (κ1) is 12.1. The van der Waals surface area contributed by atoms with Crippen molar-refractivity contribution < 1.29 is 9.53 Å². The van der Waals surface area contributed by atoms with Crippen LogP contribution in [0.1, 0.15) is 18.9 Å². The van der Waals surface area contributed by atoms with Crippen molar-refractivity contribution in [2.24, 2.45) is 0 Å². The minimum atomic E-state index is -0.222. The Morgan fingerprint density at radius 2 is 2.12 bits per heavy atom. The molecule has 0 saturated heterocycles. The van der Waals surface area contributed by atoms with Gasteiger partial charge >= 0.3 is 5.97 Å². The van der Waals surface area contributed by atoms with Crippen molar-refractivity contribution in [3.63, 3.8) is 0 Å². The Morgan fingerprint density at radius 1 is 1.38 bits per heavy atom. The van der Waals surface area contributed by atoms with Crippen molar-refractivity contribution in [2.45, 2.75) is 13.3 Å². The molecule has 0 amide bonds. The molecule has 0 bridgehead atoms. The normalized spacial score (nSPS) is 9.56. The molecule has 0 radical (unpaired) electrons. The van der Waals surface area contributed by atoms with Crippen LogP contribution in [0, 0.1) is 11.8 Å². The Balaban J connectivity index is 2.37. The molecule has 0 unspecified atom stereocenters. The first-order valence-electron chi connectivity index (χ1n) is 5.20. The summed E-state index contributed by atoms with van der Waals surface area (Å²) in [7, 11) is 0. The third-order valence-corrected chi connectivity index (χ3v) is 1.78. The van der Waals surface area contributed by atoms with E-state index in [0.29, 0.717) is 6.61 Å². The SMILES string of the molecule is CCOC(=O)C/C=C/C#Cc1ccccc1. The monoisotopic (exact) mass is 214 g/mol. The zero-order valence-corrected chi connectivity index (χ0v) is 9.27. The third kappa shape index (κ3) is 5.02. The van der Waals surface area contributed by atoms with Crippen molar-refractivity contribution >= 4 is 5.97 Å². The van der Waals surface area contributed by atoms with Gasteiger partial charge in [-0.25, -0.2) is 0 Å². The Bertz CT molecular complexity index is 407. The molecular formula is C14H14O2. The number of carbonyl (C=O) groups excluding carboxylic acids is 1. The summed E-state index contributed by atoms with van der Waals surface area (Å²) in [6, 6.07) is 9.69. The fraction of sp³-hybridized carbons (Fsp3) is 0.214. The molecule has 0 aliphatic rings. The van der Waals surface area contributed by atoms with E-state index < -0.39 is 0 Å². The standard InChI is InChI=1S/C14H14O2/c1-2-16-14(15)12-8-4-7-11-13-9-5-3-6-10-13/h3-6,8-10H,2,12H2,1H3/b8-4+. The molecule has 1 aromatic rings. The van der Waals surface area contributed by atoms with E-state index in [-0.39, 0.29) is 12.4 Å². The van der Waals surface area contributed by atoms with Crippen molar-refractivity contribution in [1.82, 2.24) is 0 Å². The lowest BCUT2D eigenvalue weighted by Gasteiger charge is -1.95. The number of hydrogen-bond acceptors (Lipinski definition) is 2. The van der Waals surface area contributed by atoms with Crippen molar-refractivity contribution in [2.75, 3.05) is 6.61 Å². The van der Waals surface area contributed by atoms with Crippen LogP contribution in [-0.4, -0.2) is 12.6 Å². The van der Waals surface area contributed by atoms with E-state index in [4.69, 9.17) is 4.74 Å². The fourth-order valence-corrected chi connectivity index (χ4v) is 1.08. The van der Waals surface area contributed by atoms with Gasteiger partial charge in [0.2, 0.25) is 0 Å². The molecule has 0 atom stereocenters. The quantitative estimate of drug-likeness (QED) is 0.571. The van der Waals surface area contributed by atoms with Crippen molar-refractivity contribution in [1.29, 1.82) is 0 Å². The molecule has 0 aliphatic carbocycles. The van der Waals surface area contributed by atoms with Gasteiger partial charge in [-0.1, -0.05) is 36.1 Å². The number of allylic oxidation sites excluding steroid dienone is 1. The van der Waals surface area contributed by atoms with Crippen LogP contribution in [-0.2, 0) is 9.53 Å². The number of esters is 1. The highest BCUT2D eigenvalue weighted by molar-refractivity contribution is 5.71. The lowest BCUT2D eigenvalue weighted by molar-refractivity contribution is -0.142. The highest BCUT2D eigenvalue weighted by atomic mass is 16.5. The van der Waals surface area contributed by atoms with Gasteiger partial charge in [0.1, 0.15) is 0 Å². The summed E-state index contributed by atoms with van der Waals surface area (Å²) in [5.41, 5.74) is 0.961. The van der Waals surface area contributed by atoms with Gasteiger partial charge in [0.25, 0.3) is 0 Å². The van der Waals surface area contributed by atoms with E-state index in [9.17, 15) is 4.79 Å². The Morgan fingerprint density at radius 3 is 2.81 bits per heavy atom. The molecule has 0 aromatic heterocycles. The second-order valence-corrected chi connectivity index (χ2v) is 3.05. The summed E-state index contributed by atoms with van der Waals surface area (Å²) < 4.78 is 4.77. The summed E-state index contributed by atoms with van der Waals surface area (Å²) in [6.07, 6.45) is 3.65. The Kier molecular flexibility index (Phi) is 5.51. The van der Waals surface area contributed by atoms with E-state index in [1.54, 1.807) is 19.1 Å². The highest BCUT2D eigenvalue weighted by Crippen LogP contribution is 1.94. The average Bonchev–Trinajstić information content (AvgIpc) is 2.30. The Labute approximate surface area is 95.9 Å². The lowest BCUT2D eigenvalue weighted by atomic mass is 10.2. The van der Waals surface area contributed by atoms with Crippen LogP contribution in [0.3, 0.4) is 0 Å². The molecule has 2 heteroatoms. The third-order valence-electron chi connectivity index (χ3n) is 1.78. The number of hydrogen-bond donors (Lipinski definition) is 0. The van der Waals surface area contributed by atoms with Gasteiger partial charge in [0, 0.05) is 5.56 Å². The second kappa shape index (κ2) is 7.30. The number of carbonyl (C=O) groups is 1. The maximum Gasteiger partial charge on any atom is 0.309 e. The molecule has 0 heterocycles. The molecule has 82 valence electrons. The maximum absolute atomic E-state index is 11.0. The number of ether oxygens (including phenoxy) is 1. The van der Waals surface area contributed by atoms with E-state index in [0.717, 1.165) is 5.56 Å². The van der Waals surface area contributed by atoms with Crippen LogP contribution >= 0.6 is 0 Å². The average molecular weight is 214 g/mol. The fourth-order valence-electron chi connectivity index (χ4n) is 1.08. The first-order valence-corrected chi connectivity index (χ1v) is 5.20. The predicted octanol–water partition coefficient (Wildman–Crippen LogP) is 2.55. The van der Waals surface area contributed by atoms with Gasteiger partial charge in [-0.2, -0.15) is 0 Å². The topological polar surface area (TPSA) is 26.3 Å².